The summed E-state index contributed by atoms with van der Waals surface area (Å²) in [5.41, 5.74) is 1.01. The van der Waals surface area contributed by atoms with Crippen LogP contribution in [0.15, 0.2) is 24.3 Å². The summed E-state index contributed by atoms with van der Waals surface area (Å²) < 4.78 is 4.47. The van der Waals surface area contributed by atoms with Crippen LogP contribution in [0.3, 0.4) is 0 Å². The smallest absolute Gasteiger partial charge is 0.325 e. The molecule has 7 nitrogen and oxygen atoms in total. The standard InChI is InChI=1S/C19H27N3O4/c1-26-17(23)13-20-18(24)14-9-11-16(12-10-14)22-19(25)21-15-7-5-3-2-4-6-8-15/h9-12,15H,2-8,13H2,1H3,(H,20,24)(H2,21,22,25). The van der Waals surface area contributed by atoms with Gasteiger partial charge in [0, 0.05) is 17.3 Å². The van der Waals surface area contributed by atoms with Crippen LogP contribution in [0.2, 0.25) is 0 Å². The lowest BCUT2D eigenvalue weighted by molar-refractivity contribution is -0.139. The number of esters is 1. The van der Waals surface area contributed by atoms with Crippen LogP contribution in [-0.4, -0.2) is 37.6 Å². The average Bonchev–Trinajstić information content (AvgIpc) is 2.62. The summed E-state index contributed by atoms with van der Waals surface area (Å²) in [6.45, 7) is -0.181. The van der Waals surface area contributed by atoms with Crippen LogP contribution in [0.4, 0.5) is 10.5 Å². The fourth-order valence-electron chi connectivity index (χ4n) is 2.98. The summed E-state index contributed by atoms with van der Waals surface area (Å²) in [7, 11) is 1.26. The molecule has 0 bridgehead atoms. The average molecular weight is 361 g/mol. The molecule has 7 heteroatoms. The molecule has 3 amide bonds. The maximum atomic E-state index is 12.2. The van der Waals surface area contributed by atoms with Gasteiger partial charge in [0.15, 0.2) is 0 Å². The molecule has 0 atom stereocenters. The molecular formula is C19H27N3O4. The topological polar surface area (TPSA) is 96.5 Å². The number of anilines is 1. The van der Waals surface area contributed by atoms with Gasteiger partial charge in [0.2, 0.25) is 0 Å². The van der Waals surface area contributed by atoms with Crippen molar-refractivity contribution in [3.05, 3.63) is 29.8 Å². The molecule has 1 saturated carbocycles. The highest BCUT2D eigenvalue weighted by molar-refractivity contribution is 5.97. The minimum atomic E-state index is -0.512. The Morgan fingerprint density at radius 3 is 2.23 bits per heavy atom. The lowest BCUT2D eigenvalue weighted by atomic mass is 9.97. The molecular weight excluding hydrogens is 334 g/mol. The van der Waals surface area contributed by atoms with Gasteiger partial charge in [0.05, 0.1) is 7.11 Å². The van der Waals surface area contributed by atoms with E-state index in [2.05, 4.69) is 20.7 Å². The quantitative estimate of drug-likeness (QED) is 0.703. The zero-order valence-electron chi connectivity index (χ0n) is 15.2. The first-order valence-corrected chi connectivity index (χ1v) is 9.11. The molecule has 142 valence electrons. The van der Waals surface area contributed by atoms with E-state index in [-0.39, 0.29) is 24.5 Å². The van der Waals surface area contributed by atoms with Crippen LogP contribution < -0.4 is 16.0 Å². The van der Waals surface area contributed by atoms with Gasteiger partial charge in [-0.15, -0.1) is 0 Å². The first-order chi connectivity index (χ1) is 12.6. The third kappa shape index (κ3) is 6.74. The number of rotatable bonds is 5. The molecule has 1 aliphatic carbocycles. The highest BCUT2D eigenvalue weighted by atomic mass is 16.5. The molecule has 0 saturated heterocycles. The first-order valence-electron chi connectivity index (χ1n) is 9.11. The first kappa shape index (κ1) is 19.8. The molecule has 0 heterocycles. The Balaban J connectivity index is 1.81. The highest BCUT2D eigenvalue weighted by Crippen LogP contribution is 2.17. The maximum absolute atomic E-state index is 12.2. The summed E-state index contributed by atoms with van der Waals surface area (Å²) in [4.78, 5) is 35.1. The van der Waals surface area contributed by atoms with E-state index in [9.17, 15) is 14.4 Å². The van der Waals surface area contributed by atoms with Crippen molar-refractivity contribution in [3.63, 3.8) is 0 Å². The molecule has 26 heavy (non-hydrogen) atoms. The zero-order valence-corrected chi connectivity index (χ0v) is 15.2. The minimum absolute atomic E-state index is 0.181. The van der Waals surface area contributed by atoms with Crippen LogP contribution in [0.25, 0.3) is 0 Å². The van der Waals surface area contributed by atoms with E-state index in [1.807, 2.05) is 0 Å². The van der Waals surface area contributed by atoms with Gasteiger partial charge in [-0.1, -0.05) is 32.1 Å². The second kappa shape index (κ2) is 10.4. The number of nitrogens with one attached hydrogen (secondary N) is 3. The largest absolute Gasteiger partial charge is 0.468 e. The van der Waals surface area contributed by atoms with E-state index < -0.39 is 5.97 Å². The van der Waals surface area contributed by atoms with Crippen molar-refractivity contribution in [3.8, 4) is 0 Å². The minimum Gasteiger partial charge on any atom is -0.468 e. The number of benzene rings is 1. The summed E-state index contributed by atoms with van der Waals surface area (Å²) in [5, 5.41) is 8.29. The number of urea groups is 1. The Morgan fingerprint density at radius 1 is 1.00 bits per heavy atom. The Labute approximate surface area is 153 Å². The van der Waals surface area contributed by atoms with E-state index in [1.54, 1.807) is 24.3 Å². The number of carbonyl (C=O) groups excluding carboxylic acids is 3. The highest BCUT2D eigenvalue weighted by Gasteiger charge is 2.14. The number of amides is 3. The van der Waals surface area contributed by atoms with Crippen LogP contribution in [-0.2, 0) is 9.53 Å². The lowest BCUT2D eigenvalue weighted by Crippen LogP contribution is -2.38. The molecule has 2 rings (SSSR count). The van der Waals surface area contributed by atoms with Crippen LogP contribution in [0.1, 0.15) is 55.3 Å². The van der Waals surface area contributed by atoms with Gasteiger partial charge in [-0.3, -0.25) is 9.59 Å². The van der Waals surface area contributed by atoms with Crippen molar-refractivity contribution in [2.24, 2.45) is 0 Å². The van der Waals surface area contributed by atoms with Gasteiger partial charge in [-0.2, -0.15) is 0 Å². The summed E-state index contributed by atoms with van der Waals surface area (Å²) in [6, 6.07) is 6.50. The van der Waals surface area contributed by atoms with Crippen molar-refractivity contribution in [1.29, 1.82) is 0 Å². The van der Waals surface area contributed by atoms with E-state index >= 15 is 0 Å². The van der Waals surface area contributed by atoms with Gasteiger partial charge >= 0.3 is 12.0 Å². The maximum Gasteiger partial charge on any atom is 0.325 e. The van der Waals surface area contributed by atoms with Crippen molar-refractivity contribution in [2.75, 3.05) is 19.0 Å². The normalized spacial score (nSPS) is 15.3. The molecule has 0 aromatic heterocycles. The Hall–Kier alpha value is -2.57. The van der Waals surface area contributed by atoms with E-state index in [0.29, 0.717) is 11.3 Å². The second-order valence-corrected chi connectivity index (χ2v) is 6.48. The third-order valence-electron chi connectivity index (χ3n) is 4.47. The molecule has 1 fully saturated rings. The third-order valence-corrected chi connectivity index (χ3v) is 4.47. The Bertz CT molecular complexity index is 608. The number of hydrogen-bond acceptors (Lipinski definition) is 4. The fraction of sp³-hybridized carbons (Fsp3) is 0.526. The molecule has 0 radical (unpaired) electrons. The van der Waals surface area contributed by atoms with E-state index in [0.717, 1.165) is 25.7 Å². The molecule has 1 aromatic rings. The number of methoxy groups -OCH3 is 1. The van der Waals surface area contributed by atoms with Crippen molar-refractivity contribution in [1.82, 2.24) is 10.6 Å². The molecule has 0 aliphatic heterocycles. The number of carbonyl (C=O) groups is 3. The summed E-state index contributed by atoms with van der Waals surface area (Å²) in [6.07, 6.45) is 8.11. The fourth-order valence-corrected chi connectivity index (χ4v) is 2.98. The predicted molar refractivity (Wildman–Crippen MR) is 99.1 cm³/mol. The summed E-state index contributed by atoms with van der Waals surface area (Å²) in [5.74, 6) is -0.886. The van der Waals surface area contributed by atoms with Gasteiger partial charge in [0.25, 0.3) is 5.91 Å². The molecule has 1 aromatic carbocycles. The second-order valence-electron chi connectivity index (χ2n) is 6.48. The van der Waals surface area contributed by atoms with Crippen molar-refractivity contribution < 1.29 is 19.1 Å². The Morgan fingerprint density at radius 2 is 1.62 bits per heavy atom. The van der Waals surface area contributed by atoms with Crippen molar-refractivity contribution >= 4 is 23.6 Å². The number of ether oxygens (including phenoxy) is 1. The summed E-state index contributed by atoms with van der Waals surface area (Å²) >= 11 is 0. The molecule has 1 aliphatic rings. The zero-order chi connectivity index (χ0) is 18.8. The predicted octanol–water partition coefficient (Wildman–Crippen LogP) is 2.82. The van der Waals surface area contributed by atoms with Crippen LogP contribution in [0, 0.1) is 0 Å². The molecule has 3 N–H and O–H groups in total. The molecule has 0 spiro atoms. The van der Waals surface area contributed by atoms with E-state index in [1.165, 1.54) is 26.4 Å². The van der Waals surface area contributed by atoms with Gasteiger partial charge in [-0.25, -0.2) is 4.79 Å². The number of hydrogen-bond donors (Lipinski definition) is 3. The lowest BCUT2D eigenvalue weighted by Gasteiger charge is -2.21. The van der Waals surface area contributed by atoms with Gasteiger partial charge in [0.1, 0.15) is 6.54 Å². The van der Waals surface area contributed by atoms with Crippen LogP contribution >= 0.6 is 0 Å². The SMILES string of the molecule is COC(=O)CNC(=O)c1ccc(NC(=O)NC2CCCCCCC2)cc1. The monoisotopic (exact) mass is 361 g/mol. The van der Waals surface area contributed by atoms with Crippen LogP contribution in [0.5, 0.6) is 0 Å². The van der Waals surface area contributed by atoms with Gasteiger partial charge < -0.3 is 20.7 Å². The van der Waals surface area contributed by atoms with Gasteiger partial charge in [-0.05, 0) is 37.1 Å². The van der Waals surface area contributed by atoms with E-state index in [4.69, 9.17) is 0 Å². The molecule has 0 unspecified atom stereocenters. The van der Waals surface area contributed by atoms with Crippen molar-refractivity contribution in [2.45, 2.75) is 51.0 Å². The Kier molecular flexibility index (Phi) is 7.92.